The number of methoxy groups -OCH3 is 1. The van der Waals surface area contributed by atoms with Crippen LogP contribution in [0.2, 0.25) is 0 Å². The molecule has 0 bridgehead atoms. The van der Waals surface area contributed by atoms with Gasteiger partial charge in [-0.1, -0.05) is 23.8 Å². The van der Waals surface area contributed by atoms with Crippen LogP contribution < -0.4 is 15.0 Å². The molecular formula is C26H24N4OS. The maximum atomic E-state index is 5.84. The zero-order chi connectivity index (χ0) is 22.1. The van der Waals surface area contributed by atoms with Gasteiger partial charge in [0.1, 0.15) is 11.8 Å². The quantitative estimate of drug-likeness (QED) is 0.423. The minimum Gasteiger partial charge on any atom is -0.497 e. The van der Waals surface area contributed by atoms with Crippen molar-refractivity contribution < 1.29 is 4.74 Å². The molecule has 1 fully saturated rings. The second kappa shape index (κ2) is 8.48. The minimum absolute atomic E-state index is 0.0720. The highest BCUT2D eigenvalue weighted by Crippen LogP contribution is 2.42. The predicted octanol–water partition coefficient (Wildman–Crippen LogP) is 5.37. The number of hydrogen-bond acceptors (Lipinski definition) is 3. The summed E-state index contributed by atoms with van der Waals surface area (Å²) in [5.41, 5.74) is 5.41. The Bertz CT molecular complexity index is 1220. The molecule has 0 amide bonds. The van der Waals surface area contributed by atoms with Crippen LogP contribution in [0.25, 0.3) is 5.69 Å². The number of aryl methyl sites for hydroxylation is 1. The van der Waals surface area contributed by atoms with E-state index in [-0.39, 0.29) is 12.1 Å². The summed E-state index contributed by atoms with van der Waals surface area (Å²) in [6, 6.07) is 26.6. The van der Waals surface area contributed by atoms with Crippen molar-refractivity contribution >= 4 is 23.0 Å². The van der Waals surface area contributed by atoms with Crippen LogP contribution in [0.15, 0.2) is 91.3 Å². The van der Waals surface area contributed by atoms with Crippen LogP contribution in [0.1, 0.15) is 29.0 Å². The van der Waals surface area contributed by atoms with Gasteiger partial charge < -0.3 is 19.5 Å². The summed E-state index contributed by atoms with van der Waals surface area (Å²) < 4.78 is 7.54. The van der Waals surface area contributed by atoms with E-state index in [1.54, 1.807) is 7.11 Å². The van der Waals surface area contributed by atoms with E-state index in [2.05, 4.69) is 81.4 Å². The van der Waals surface area contributed by atoms with Crippen molar-refractivity contribution in [3.05, 3.63) is 108 Å². The highest BCUT2D eigenvalue weighted by atomic mass is 32.1. The first-order valence-electron chi connectivity index (χ1n) is 10.5. The number of aromatic nitrogens is 2. The van der Waals surface area contributed by atoms with E-state index in [1.807, 2.05) is 36.5 Å². The molecule has 2 aromatic carbocycles. The Morgan fingerprint density at radius 2 is 1.66 bits per heavy atom. The Morgan fingerprint density at radius 1 is 0.906 bits per heavy atom. The van der Waals surface area contributed by atoms with Crippen LogP contribution in [-0.2, 0) is 0 Å². The summed E-state index contributed by atoms with van der Waals surface area (Å²) in [6.07, 6.45) is 3.91. The molecule has 2 atom stereocenters. The van der Waals surface area contributed by atoms with Crippen LogP contribution >= 0.6 is 12.2 Å². The maximum Gasteiger partial charge on any atom is 0.174 e. The third kappa shape index (κ3) is 3.63. The van der Waals surface area contributed by atoms with Gasteiger partial charge in [-0.3, -0.25) is 4.98 Å². The lowest BCUT2D eigenvalue weighted by atomic mass is 10.0. The van der Waals surface area contributed by atoms with Crippen molar-refractivity contribution in [2.45, 2.75) is 19.0 Å². The largest absolute Gasteiger partial charge is 0.497 e. The Labute approximate surface area is 193 Å². The van der Waals surface area contributed by atoms with Crippen LogP contribution in [0.5, 0.6) is 5.75 Å². The van der Waals surface area contributed by atoms with Gasteiger partial charge in [-0.05, 0) is 79.8 Å². The van der Waals surface area contributed by atoms with E-state index < -0.39 is 0 Å². The summed E-state index contributed by atoms with van der Waals surface area (Å²) in [7, 11) is 1.68. The van der Waals surface area contributed by atoms with Crippen LogP contribution in [0, 0.1) is 6.92 Å². The van der Waals surface area contributed by atoms with Gasteiger partial charge in [-0.15, -0.1) is 0 Å². The van der Waals surface area contributed by atoms with Gasteiger partial charge in [0.15, 0.2) is 5.11 Å². The SMILES string of the molecule is COc1ccc(-n2cccc2[C@@H]2[C@H](c3ccccn3)NC(=S)N2c2ccc(C)cc2)cc1. The zero-order valence-electron chi connectivity index (χ0n) is 18.0. The van der Waals surface area contributed by atoms with E-state index >= 15 is 0 Å². The van der Waals surface area contributed by atoms with Crippen molar-refractivity contribution in [1.82, 2.24) is 14.9 Å². The fourth-order valence-electron chi connectivity index (χ4n) is 4.25. The molecule has 0 saturated carbocycles. The molecule has 0 unspecified atom stereocenters. The Hall–Kier alpha value is -3.64. The van der Waals surface area contributed by atoms with Gasteiger partial charge >= 0.3 is 0 Å². The second-order valence-electron chi connectivity index (χ2n) is 7.83. The van der Waals surface area contributed by atoms with E-state index in [0.717, 1.165) is 28.5 Å². The second-order valence-corrected chi connectivity index (χ2v) is 8.22. The summed E-state index contributed by atoms with van der Waals surface area (Å²) in [5.74, 6) is 0.832. The van der Waals surface area contributed by atoms with Crippen molar-refractivity contribution in [2.24, 2.45) is 0 Å². The number of rotatable bonds is 5. The van der Waals surface area contributed by atoms with E-state index in [9.17, 15) is 0 Å². The summed E-state index contributed by atoms with van der Waals surface area (Å²) in [5, 5.41) is 4.22. The number of benzene rings is 2. The first-order valence-corrected chi connectivity index (χ1v) is 11.0. The van der Waals surface area contributed by atoms with Gasteiger partial charge in [-0.25, -0.2) is 0 Å². The summed E-state index contributed by atoms with van der Waals surface area (Å²) in [6.45, 7) is 2.09. The molecule has 160 valence electrons. The molecule has 0 radical (unpaired) electrons. The lowest BCUT2D eigenvalue weighted by Gasteiger charge is -2.29. The number of ether oxygens (including phenoxy) is 1. The number of nitrogens with one attached hydrogen (secondary N) is 1. The molecule has 4 aromatic rings. The standard InChI is InChI=1S/C26H24N4OS/c1-18-8-10-20(11-9-18)30-25(24(28-26(30)32)22-6-3-4-16-27-22)23-7-5-17-29(23)19-12-14-21(31-2)15-13-19/h3-17,24-25H,1-2H3,(H,28,32)/t24-,25+/m0/s1. The molecule has 0 aliphatic carbocycles. The van der Waals surface area contributed by atoms with Crippen molar-refractivity contribution in [2.75, 3.05) is 12.0 Å². The van der Waals surface area contributed by atoms with Crippen LogP contribution in [0.3, 0.4) is 0 Å². The number of nitrogens with zero attached hydrogens (tertiary/aromatic N) is 3. The average molecular weight is 441 g/mol. The molecular weight excluding hydrogens is 416 g/mol. The maximum absolute atomic E-state index is 5.84. The number of pyridine rings is 1. The van der Waals surface area contributed by atoms with Gasteiger partial charge in [0.2, 0.25) is 0 Å². The minimum atomic E-state index is -0.0862. The van der Waals surface area contributed by atoms with Gasteiger partial charge in [0, 0.05) is 29.5 Å². The fourth-order valence-corrected chi connectivity index (χ4v) is 4.60. The average Bonchev–Trinajstić information content (AvgIpc) is 3.44. The Balaban J connectivity index is 1.64. The smallest absolute Gasteiger partial charge is 0.174 e. The molecule has 1 aliphatic rings. The molecule has 1 aliphatic heterocycles. The normalized spacial score (nSPS) is 17.9. The molecule has 1 saturated heterocycles. The monoisotopic (exact) mass is 440 g/mol. The van der Waals surface area contributed by atoms with Gasteiger partial charge in [-0.2, -0.15) is 0 Å². The summed E-state index contributed by atoms with van der Waals surface area (Å²) >= 11 is 5.84. The third-order valence-corrected chi connectivity index (χ3v) is 6.16. The molecule has 0 spiro atoms. The molecule has 6 heteroatoms. The van der Waals surface area contributed by atoms with Crippen molar-refractivity contribution in [3.8, 4) is 11.4 Å². The first-order chi connectivity index (χ1) is 15.7. The lowest BCUT2D eigenvalue weighted by Crippen LogP contribution is -2.30. The Morgan fingerprint density at radius 3 is 2.34 bits per heavy atom. The lowest BCUT2D eigenvalue weighted by molar-refractivity contribution is 0.414. The topological polar surface area (TPSA) is 42.3 Å². The molecule has 2 aromatic heterocycles. The highest BCUT2D eigenvalue weighted by Gasteiger charge is 2.42. The van der Waals surface area contributed by atoms with Crippen molar-refractivity contribution in [1.29, 1.82) is 0 Å². The number of anilines is 1. The molecule has 5 rings (SSSR count). The predicted molar refractivity (Wildman–Crippen MR) is 131 cm³/mol. The molecule has 5 nitrogen and oxygen atoms in total. The van der Waals surface area contributed by atoms with E-state index in [1.165, 1.54) is 5.56 Å². The van der Waals surface area contributed by atoms with Crippen LogP contribution in [-0.4, -0.2) is 21.8 Å². The number of thiocarbonyl (C=S) groups is 1. The summed E-state index contributed by atoms with van der Waals surface area (Å²) in [4.78, 5) is 6.85. The van der Waals surface area contributed by atoms with Gasteiger partial charge in [0.25, 0.3) is 0 Å². The van der Waals surface area contributed by atoms with E-state index in [0.29, 0.717) is 5.11 Å². The zero-order valence-corrected chi connectivity index (χ0v) is 18.8. The molecule has 1 N–H and O–H groups in total. The van der Waals surface area contributed by atoms with Crippen molar-refractivity contribution in [3.63, 3.8) is 0 Å². The fraction of sp³-hybridized carbons (Fsp3) is 0.154. The Kier molecular flexibility index (Phi) is 5.37. The highest BCUT2D eigenvalue weighted by molar-refractivity contribution is 7.80. The first kappa shape index (κ1) is 20.3. The van der Waals surface area contributed by atoms with E-state index in [4.69, 9.17) is 17.0 Å². The molecule has 3 heterocycles. The third-order valence-electron chi connectivity index (χ3n) is 5.84. The number of hydrogen-bond donors (Lipinski definition) is 1. The molecule has 32 heavy (non-hydrogen) atoms. The van der Waals surface area contributed by atoms with Gasteiger partial charge in [0.05, 0.1) is 18.8 Å². The van der Waals surface area contributed by atoms with Crippen LogP contribution in [0.4, 0.5) is 5.69 Å².